The first-order valence-corrected chi connectivity index (χ1v) is 10.4. The minimum Gasteiger partial charge on any atom is -0.493 e. The van der Waals surface area contributed by atoms with Gasteiger partial charge in [0.2, 0.25) is 5.91 Å². The van der Waals surface area contributed by atoms with Crippen molar-refractivity contribution >= 4 is 17.2 Å². The molecule has 1 amide bonds. The molecule has 5 nitrogen and oxygen atoms in total. The average Bonchev–Trinajstić information content (AvgIpc) is 3.20. The van der Waals surface area contributed by atoms with Gasteiger partial charge in [-0.25, -0.2) is 4.98 Å². The second-order valence-corrected chi connectivity index (χ2v) is 7.69. The van der Waals surface area contributed by atoms with Crippen molar-refractivity contribution in [2.24, 2.45) is 0 Å². The van der Waals surface area contributed by atoms with Crippen molar-refractivity contribution in [2.75, 3.05) is 14.2 Å². The number of thiazole rings is 1. The van der Waals surface area contributed by atoms with Crippen LogP contribution in [0, 0.1) is 6.92 Å². The van der Waals surface area contributed by atoms with E-state index in [9.17, 15) is 4.79 Å². The Morgan fingerprint density at radius 3 is 2.48 bits per heavy atom. The molecule has 2 aromatic carbocycles. The number of carbonyl (C=O) groups excluding carboxylic acids is 1. The molecule has 1 aromatic heterocycles. The molecule has 29 heavy (non-hydrogen) atoms. The van der Waals surface area contributed by atoms with E-state index in [0.717, 1.165) is 28.2 Å². The number of methoxy groups -OCH3 is 2. The molecule has 1 unspecified atom stereocenters. The van der Waals surface area contributed by atoms with Crippen LogP contribution in [0.2, 0.25) is 0 Å². The van der Waals surface area contributed by atoms with E-state index in [1.807, 2.05) is 23.6 Å². The lowest BCUT2D eigenvalue weighted by Gasteiger charge is -2.17. The summed E-state index contributed by atoms with van der Waals surface area (Å²) in [5.74, 6) is 1.30. The number of aromatic nitrogens is 1. The first-order valence-electron chi connectivity index (χ1n) is 9.56. The first-order chi connectivity index (χ1) is 14.0. The fraction of sp³-hybridized carbons (Fsp3) is 0.304. The highest BCUT2D eigenvalue weighted by molar-refractivity contribution is 7.13. The van der Waals surface area contributed by atoms with Gasteiger partial charge in [0.25, 0.3) is 0 Å². The van der Waals surface area contributed by atoms with Gasteiger partial charge in [-0.1, -0.05) is 36.8 Å². The van der Waals surface area contributed by atoms with E-state index < -0.39 is 0 Å². The van der Waals surface area contributed by atoms with Crippen LogP contribution in [0.1, 0.15) is 36.2 Å². The Balaban J connectivity index is 1.67. The lowest BCUT2D eigenvalue weighted by molar-refractivity contribution is -0.121. The number of benzene rings is 2. The number of nitrogens with one attached hydrogen (secondary N) is 1. The molecule has 1 heterocycles. The van der Waals surface area contributed by atoms with Crippen LogP contribution in [0.15, 0.2) is 47.8 Å². The lowest BCUT2D eigenvalue weighted by atomic mass is 10.0. The average molecular weight is 411 g/mol. The van der Waals surface area contributed by atoms with Crippen LogP contribution in [-0.2, 0) is 11.2 Å². The van der Waals surface area contributed by atoms with Crippen LogP contribution < -0.4 is 14.8 Å². The molecular weight excluding hydrogens is 384 g/mol. The second-order valence-electron chi connectivity index (χ2n) is 6.83. The fourth-order valence-corrected chi connectivity index (χ4v) is 3.94. The molecule has 0 aliphatic rings. The zero-order valence-electron chi connectivity index (χ0n) is 17.2. The Morgan fingerprint density at radius 2 is 1.83 bits per heavy atom. The normalized spacial score (nSPS) is 11.7. The summed E-state index contributed by atoms with van der Waals surface area (Å²) < 4.78 is 10.6. The SMILES string of the molecule is CCC(NC(=O)Cc1csc(-c2ccc(OC)c(OC)c2)n1)c1ccc(C)cc1. The number of hydrogen-bond acceptors (Lipinski definition) is 5. The number of ether oxygens (including phenoxy) is 2. The molecule has 3 aromatic rings. The Hall–Kier alpha value is -2.86. The molecule has 0 radical (unpaired) electrons. The van der Waals surface area contributed by atoms with Crippen molar-refractivity contribution in [1.82, 2.24) is 10.3 Å². The number of nitrogens with zero attached hydrogens (tertiary/aromatic N) is 1. The third kappa shape index (κ3) is 5.15. The number of rotatable bonds is 8. The number of aryl methyl sites for hydroxylation is 1. The maximum Gasteiger partial charge on any atom is 0.226 e. The highest BCUT2D eigenvalue weighted by atomic mass is 32.1. The molecule has 3 rings (SSSR count). The quantitative estimate of drug-likeness (QED) is 0.571. The number of amides is 1. The molecule has 0 saturated carbocycles. The van der Waals surface area contributed by atoms with Gasteiger partial charge in [0, 0.05) is 10.9 Å². The maximum absolute atomic E-state index is 12.6. The van der Waals surface area contributed by atoms with Gasteiger partial charge in [-0.3, -0.25) is 4.79 Å². The van der Waals surface area contributed by atoms with Crippen molar-refractivity contribution in [1.29, 1.82) is 0 Å². The summed E-state index contributed by atoms with van der Waals surface area (Å²) >= 11 is 1.51. The predicted octanol–water partition coefficient (Wildman–Crippen LogP) is 4.95. The highest BCUT2D eigenvalue weighted by Gasteiger charge is 2.15. The minimum atomic E-state index is -0.0263. The van der Waals surface area contributed by atoms with E-state index in [-0.39, 0.29) is 18.4 Å². The van der Waals surface area contributed by atoms with Crippen LogP contribution in [0.3, 0.4) is 0 Å². The zero-order chi connectivity index (χ0) is 20.8. The van der Waals surface area contributed by atoms with E-state index >= 15 is 0 Å². The molecule has 6 heteroatoms. The van der Waals surface area contributed by atoms with Crippen molar-refractivity contribution in [2.45, 2.75) is 32.7 Å². The van der Waals surface area contributed by atoms with Gasteiger partial charge < -0.3 is 14.8 Å². The van der Waals surface area contributed by atoms with Crippen molar-refractivity contribution < 1.29 is 14.3 Å². The molecule has 1 N–H and O–H groups in total. The predicted molar refractivity (Wildman–Crippen MR) is 117 cm³/mol. The lowest BCUT2D eigenvalue weighted by Crippen LogP contribution is -2.29. The summed E-state index contributed by atoms with van der Waals surface area (Å²) in [5.41, 5.74) is 4.03. The molecule has 1 atom stereocenters. The monoisotopic (exact) mass is 410 g/mol. The third-order valence-corrected chi connectivity index (χ3v) is 5.69. The van der Waals surface area contributed by atoms with E-state index in [1.165, 1.54) is 16.9 Å². The highest BCUT2D eigenvalue weighted by Crippen LogP contribution is 2.33. The van der Waals surface area contributed by atoms with Crippen LogP contribution in [0.5, 0.6) is 11.5 Å². The molecule has 0 bridgehead atoms. The Morgan fingerprint density at radius 1 is 1.10 bits per heavy atom. The van der Waals surface area contributed by atoms with Gasteiger partial charge in [0.15, 0.2) is 11.5 Å². The number of carbonyl (C=O) groups is 1. The molecule has 0 aliphatic heterocycles. The van der Waals surface area contributed by atoms with E-state index in [1.54, 1.807) is 14.2 Å². The zero-order valence-corrected chi connectivity index (χ0v) is 18.0. The molecule has 0 fully saturated rings. The van der Waals surface area contributed by atoms with Crippen molar-refractivity contribution in [3.8, 4) is 22.1 Å². The van der Waals surface area contributed by atoms with E-state index in [2.05, 4.69) is 48.4 Å². The van der Waals surface area contributed by atoms with Crippen molar-refractivity contribution in [3.05, 3.63) is 64.7 Å². The Kier molecular flexibility index (Phi) is 6.88. The number of hydrogen-bond donors (Lipinski definition) is 1. The van der Waals surface area contributed by atoms with Gasteiger partial charge in [0.05, 0.1) is 32.4 Å². The third-order valence-electron chi connectivity index (χ3n) is 4.75. The summed E-state index contributed by atoms with van der Waals surface area (Å²) in [6.07, 6.45) is 1.09. The van der Waals surface area contributed by atoms with Crippen LogP contribution in [0.25, 0.3) is 10.6 Å². The summed E-state index contributed by atoms with van der Waals surface area (Å²) in [6.45, 7) is 4.13. The topological polar surface area (TPSA) is 60.5 Å². The summed E-state index contributed by atoms with van der Waals surface area (Å²) in [6, 6.07) is 14.0. The van der Waals surface area contributed by atoms with Gasteiger partial charge >= 0.3 is 0 Å². The van der Waals surface area contributed by atoms with Crippen molar-refractivity contribution in [3.63, 3.8) is 0 Å². The van der Waals surface area contributed by atoms with Crippen LogP contribution >= 0.6 is 11.3 Å². The second kappa shape index (κ2) is 9.56. The van der Waals surface area contributed by atoms with Crippen LogP contribution in [-0.4, -0.2) is 25.1 Å². The Labute approximate surface area is 175 Å². The maximum atomic E-state index is 12.6. The molecule has 152 valence electrons. The fourth-order valence-electron chi connectivity index (χ4n) is 3.12. The van der Waals surface area contributed by atoms with Gasteiger partial charge in [-0.2, -0.15) is 0 Å². The molecular formula is C23H26N2O3S. The molecule has 0 saturated heterocycles. The van der Waals surface area contributed by atoms with Gasteiger partial charge in [0.1, 0.15) is 5.01 Å². The minimum absolute atomic E-state index is 0.00653. The smallest absolute Gasteiger partial charge is 0.226 e. The van der Waals surface area contributed by atoms with E-state index in [4.69, 9.17) is 9.47 Å². The molecule has 0 spiro atoms. The molecule has 0 aliphatic carbocycles. The van der Waals surface area contributed by atoms with Gasteiger partial charge in [-0.05, 0) is 37.1 Å². The first kappa shape index (κ1) is 20.9. The standard InChI is InChI=1S/C23H26N2O3S/c1-5-19(16-8-6-15(2)7-9-16)25-22(26)13-18-14-29-23(24-18)17-10-11-20(27-3)21(12-17)28-4/h6-12,14,19H,5,13H2,1-4H3,(H,25,26). The summed E-state index contributed by atoms with van der Waals surface area (Å²) in [7, 11) is 3.22. The Bertz CT molecular complexity index is 967. The van der Waals surface area contributed by atoms with Gasteiger partial charge in [-0.15, -0.1) is 11.3 Å². The van der Waals surface area contributed by atoms with Crippen LogP contribution in [0.4, 0.5) is 0 Å². The summed E-state index contributed by atoms with van der Waals surface area (Å²) in [4.78, 5) is 17.2. The largest absolute Gasteiger partial charge is 0.493 e. The van der Waals surface area contributed by atoms with E-state index in [0.29, 0.717) is 11.5 Å². The summed E-state index contributed by atoms with van der Waals surface area (Å²) in [5, 5.41) is 5.90.